The van der Waals surface area contributed by atoms with Crippen molar-refractivity contribution in [3.8, 4) is 0 Å². The Balaban J connectivity index is 1.14. The van der Waals surface area contributed by atoms with E-state index in [1.54, 1.807) is 12.1 Å². The van der Waals surface area contributed by atoms with E-state index in [-0.39, 0.29) is 17.5 Å². The zero-order valence-electron chi connectivity index (χ0n) is 23.7. The molecule has 2 aliphatic rings. The molecular formula is C34H30N4O4S. The topological polar surface area (TPSA) is 87.0 Å². The van der Waals surface area contributed by atoms with Crippen molar-refractivity contribution in [2.45, 2.75) is 18.4 Å². The number of para-hydroxylation sites is 1. The van der Waals surface area contributed by atoms with Gasteiger partial charge in [0.15, 0.2) is 0 Å². The number of benzene rings is 4. The van der Waals surface area contributed by atoms with Gasteiger partial charge in [0.05, 0.1) is 22.1 Å². The first-order valence-corrected chi connectivity index (χ1v) is 14.9. The average molecular weight is 591 g/mol. The van der Waals surface area contributed by atoms with Crippen LogP contribution in [0.2, 0.25) is 0 Å². The number of rotatable bonds is 6. The van der Waals surface area contributed by atoms with Crippen LogP contribution in [0.5, 0.6) is 0 Å². The predicted octanol–water partition coefficient (Wildman–Crippen LogP) is 6.55. The van der Waals surface area contributed by atoms with Crippen LogP contribution in [0.25, 0.3) is 6.08 Å². The molecule has 2 aliphatic heterocycles. The number of nitro benzene ring substituents is 1. The summed E-state index contributed by atoms with van der Waals surface area (Å²) in [5, 5.41) is 10.9. The number of non-ortho nitro benzene ring substituents is 1. The lowest BCUT2D eigenvalue weighted by Gasteiger charge is -2.36. The molecule has 0 spiro atoms. The molecular weight excluding hydrogens is 560 g/mol. The van der Waals surface area contributed by atoms with Gasteiger partial charge in [0.25, 0.3) is 17.5 Å². The number of piperazine rings is 1. The van der Waals surface area contributed by atoms with Gasteiger partial charge in [-0.2, -0.15) is 0 Å². The number of nitrogens with zero attached hydrogens (tertiary/aromatic N) is 4. The Kier molecular flexibility index (Phi) is 7.98. The quantitative estimate of drug-likeness (QED) is 0.144. The molecule has 0 N–H and O–H groups in total. The van der Waals surface area contributed by atoms with Crippen LogP contribution in [0.4, 0.5) is 17.1 Å². The van der Waals surface area contributed by atoms with Crippen molar-refractivity contribution in [3.63, 3.8) is 0 Å². The lowest BCUT2D eigenvalue weighted by Crippen LogP contribution is -2.48. The molecule has 4 aromatic carbocycles. The second-order valence-electron chi connectivity index (χ2n) is 10.6. The Labute approximate surface area is 254 Å². The van der Waals surface area contributed by atoms with E-state index in [0.29, 0.717) is 43.2 Å². The van der Waals surface area contributed by atoms with Crippen molar-refractivity contribution >= 4 is 46.7 Å². The zero-order chi connectivity index (χ0) is 29.9. The van der Waals surface area contributed by atoms with Crippen LogP contribution in [-0.4, -0.2) is 47.8 Å². The van der Waals surface area contributed by atoms with Crippen LogP contribution >= 0.6 is 11.8 Å². The monoisotopic (exact) mass is 590 g/mol. The minimum absolute atomic E-state index is 0.0380. The molecule has 4 aromatic rings. The first kappa shape index (κ1) is 28.2. The number of thioether (sulfide) groups is 1. The fourth-order valence-electron chi connectivity index (χ4n) is 5.39. The normalized spacial score (nSPS) is 15.9. The molecule has 6 rings (SSSR count). The van der Waals surface area contributed by atoms with Gasteiger partial charge < -0.3 is 14.7 Å². The number of aryl methyl sites for hydroxylation is 1. The molecule has 1 fully saturated rings. The molecule has 9 heteroatoms. The molecule has 0 saturated carbocycles. The molecule has 43 heavy (non-hydrogen) atoms. The van der Waals surface area contributed by atoms with Crippen molar-refractivity contribution in [1.29, 1.82) is 0 Å². The van der Waals surface area contributed by atoms with Gasteiger partial charge in [0, 0.05) is 54.5 Å². The molecule has 0 aliphatic carbocycles. The lowest BCUT2D eigenvalue weighted by atomic mass is 10.1. The molecule has 8 nitrogen and oxygen atoms in total. The van der Waals surface area contributed by atoms with Crippen LogP contribution in [0.3, 0.4) is 0 Å². The molecule has 2 heterocycles. The number of carbonyl (C=O) groups is 2. The van der Waals surface area contributed by atoms with Gasteiger partial charge in [-0.1, -0.05) is 60.3 Å². The Morgan fingerprint density at radius 2 is 1.56 bits per heavy atom. The van der Waals surface area contributed by atoms with Gasteiger partial charge in [-0.3, -0.25) is 19.7 Å². The number of fused-ring (bicyclic) bond motifs is 1. The summed E-state index contributed by atoms with van der Waals surface area (Å²) in [6.07, 6.45) is 1.89. The number of nitro groups is 1. The van der Waals surface area contributed by atoms with Crippen molar-refractivity contribution < 1.29 is 14.5 Å². The maximum absolute atomic E-state index is 13.7. The van der Waals surface area contributed by atoms with Crippen molar-refractivity contribution in [3.05, 3.63) is 134 Å². The van der Waals surface area contributed by atoms with Gasteiger partial charge >= 0.3 is 0 Å². The van der Waals surface area contributed by atoms with E-state index in [2.05, 4.69) is 24.0 Å². The van der Waals surface area contributed by atoms with Gasteiger partial charge in [-0.15, -0.1) is 0 Å². The van der Waals surface area contributed by atoms with Gasteiger partial charge in [0.2, 0.25) is 0 Å². The zero-order valence-corrected chi connectivity index (χ0v) is 24.5. The predicted molar refractivity (Wildman–Crippen MR) is 170 cm³/mol. The van der Waals surface area contributed by atoms with Crippen LogP contribution in [0.15, 0.2) is 107 Å². The highest BCUT2D eigenvalue weighted by molar-refractivity contribution is 8.04. The van der Waals surface area contributed by atoms with E-state index >= 15 is 0 Å². The molecule has 0 radical (unpaired) electrons. The Morgan fingerprint density at radius 3 is 2.26 bits per heavy atom. The fraction of sp³-hybridized carbons (Fsp3) is 0.176. The Bertz CT molecular complexity index is 1710. The summed E-state index contributed by atoms with van der Waals surface area (Å²) in [6, 6.07) is 30.0. The highest BCUT2D eigenvalue weighted by Crippen LogP contribution is 2.42. The molecule has 0 unspecified atom stereocenters. The summed E-state index contributed by atoms with van der Waals surface area (Å²) in [4.78, 5) is 44.9. The Hall–Kier alpha value is -4.89. The van der Waals surface area contributed by atoms with Crippen molar-refractivity contribution in [2.75, 3.05) is 36.0 Å². The first-order valence-electron chi connectivity index (χ1n) is 14.1. The smallest absolute Gasteiger partial charge is 0.269 e. The average Bonchev–Trinajstić information content (AvgIpc) is 3.04. The molecule has 1 saturated heterocycles. The second-order valence-corrected chi connectivity index (χ2v) is 11.7. The maximum Gasteiger partial charge on any atom is 0.269 e. The molecule has 216 valence electrons. The van der Waals surface area contributed by atoms with Crippen molar-refractivity contribution in [1.82, 2.24) is 4.90 Å². The fourth-order valence-corrected chi connectivity index (χ4v) is 6.44. The number of hydrogen-bond donors (Lipinski definition) is 0. The number of amides is 2. The SMILES string of the molecule is Cc1ccccc1CN1C(=O)/C(=C\c2ccc(C(=O)N3CCN(c4ccc([N+](=O)[O-])cc4)CC3)cc2)Sc2ccccc21. The van der Waals surface area contributed by atoms with E-state index in [1.165, 1.54) is 23.9 Å². The second kappa shape index (κ2) is 12.1. The maximum atomic E-state index is 13.7. The van der Waals surface area contributed by atoms with E-state index in [9.17, 15) is 19.7 Å². The number of hydrogen-bond acceptors (Lipinski definition) is 6. The van der Waals surface area contributed by atoms with E-state index in [1.807, 2.05) is 76.5 Å². The molecule has 2 amide bonds. The van der Waals surface area contributed by atoms with E-state index in [0.717, 1.165) is 33.0 Å². The van der Waals surface area contributed by atoms with Gasteiger partial charge in [-0.25, -0.2) is 0 Å². The summed E-state index contributed by atoms with van der Waals surface area (Å²) in [6.45, 7) is 4.96. The minimum Gasteiger partial charge on any atom is -0.368 e. The Morgan fingerprint density at radius 1 is 0.884 bits per heavy atom. The van der Waals surface area contributed by atoms with Crippen molar-refractivity contribution in [2.24, 2.45) is 0 Å². The number of anilines is 2. The van der Waals surface area contributed by atoms with Crippen LogP contribution in [0.1, 0.15) is 27.0 Å². The van der Waals surface area contributed by atoms with E-state index < -0.39 is 4.92 Å². The van der Waals surface area contributed by atoms with E-state index in [4.69, 9.17) is 0 Å². The largest absolute Gasteiger partial charge is 0.368 e. The first-order chi connectivity index (χ1) is 20.9. The number of carbonyl (C=O) groups excluding carboxylic acids is 2. The summed E-state index contributed by atoms with van der Waals surface area (Å²) >= 11 is 1.47. The minimum atomic E-state index is -0.408. The molecule has 0 aromatic heterocycles. The van der Waals surface area contributed by atoms with Gasteiger partial charge in [-0.05, 0) is 66.1 Å². The highest BCUT2D eigenvalue weighted by atomic mass is 32.2. The lowest BCUT2D eigenvalue weighted by molar-refractivity contribution is -0.384. The van der Waals surface area contributed by atoms with Crippen LogP contribution in [-0.2, 0) is 11.3 Å². The standard InChI is InChI=1S/C34H30N4O4S/c1-24-6-2-3-7-27(24)23-37-30-8-4-5-9-31(30)43-32(34(37)40)22-25-10-12-26(13-11-25)33(39)36-20-18-35(19-21-36)28-14-16-29(17-15-28)38(41)42/h2-17,22H,18-21,23H2,1H3/b32-22+. The molecule has 0 bridgehead atoms. The summed E-state index contributed by atoms with van der Waals surface area (Å²) in [5.41, 5.74) is 5.58. The summed E-state index contributed by atoms with van der Waals surface area (Å²) < 4.78 is 0. The third-order valence-electron chi connectivity index (χ3n) is 7.87. The van der Waals surface area contributed by atoms with Crippen LogP contribution in [0, 0.1) is 17.0 Å². The molecule has 0 atom stereocenters. The highest BCUT2D eigenvalue weighted by Gasteiger charge is 2.29. The third kappa shape index (κ3) is 6.03. The summed E-state index contributed by atoms with van der Waals surface area (Å²) in [5.74, 6) is -0.0815. The van der Waals surface area contributed by atoms with Crippen LogP contribution < -0.4 is 9.80 Å². The van der Waals surface area contributed by atoms with Gasteiger partial charge in [0.1, 0.15) is 0 Å². The third-order valence-corrected chi connectivity index (χ3v) is 8.95. The summed E-state index contributed by atoms with van der Waals surface area (Å²) in [7, 11) is 0.